The Morgan fingerprint density at radius 2 is 1.29 bits per heavy atom. The van der Waals surface area contributed by atoms with Crippen LogP contribution in [0.1, 0.15) is 11.1 Å². The minimum absolute atomic E-state index is 0.632. The largest absolute Gasteiger partial charge is 0.595 e. The summed E-state index contributed by atoms with van der Waals surface area (Å²) in [6, 6.07) is 14.5. The molecule has 0 radical (unpaired) electrons. The zero-order chi connectivity index (χ0) is 15.2. The summed E-state index contributed by atoms with van der Waals surface area (Å²) in [7, 11) is 3.18. The van der Waals surface area contributed by atoms with Gasteiger partial charge in [0.2, 0.25) is 0 Å². The van der Waals surface area contributed by atoms with Gasteiger partial charge in [0, 0.05) is 5.57 Å². The molecular formula is C16H17NO4. The van der Waals surface area contributed by atoms with E-state index in [-0.39, 0.29) is 0 Å². The van der Waals surface area contributed by atoms with Gasteiger partial charge in [-0.15, -0.1) is 0 Å². The minimum Gasteiger partial charge on any atom is -0.595 e. The zero-order valence-corrected chi connectivity index (χ0v) is 11.9. The maximum Gasteiger partial charge on any atom is 0.135 e. The molecular weight excluding hydrogens is 270 g/mol. The van der Waals surface area contributed by atoms with Gasteiger partial charge in [0.1, 0.15) is 17.7 Å². The molecule has 0 saturated heterocycles. The van der Waals surface area contributed by atoms with Gasteiger partial charge in [-0.2, -0.15) is 0 Å². The lowest BCUT2D eigenvalue weighted by molar-refractivity contribution is -1.00. The van der Waals surface area contributed by atoms with Gasteiger partial charge in [0.15, 0.2) is 0 Å². The SMILES string of the molecule is COc1ccc(C(=C[NH+]([O-])O)c2ccc(OC)cc2)cc1. The molecule has 21 heavy (non-hydrogen) atoms. The predicted octanol–water partition coefficient (Wildman–Crippen LogP) is 1.86. The monoisotopic (exact) mass is 287 g/mol. The molecule has 0 spiro atoms. The average Bonchev–Trinajstić information content (AvgIpc) is 2.53. The average molecular weight is 287 g/mol. The number of nitrogens with one attached hydrogen (secondary N) is 1. The lowest BCUT2D eigenvalue weighted by atomic mass is 9.99. The van der Waals surface area contributed by atoms with Crippen molar-refractivity contribution in [2.75, 3.05) is 14.2 Å². The molecule has 110 valence electrons. The highest BCUT2D eigenvalue weighted by Gasteiger charge is 2.08. The molecule has 2 aromatic rings. The Labute approximate surface area is 123 Å². The number of methoxy groups -OCH3 is 2. The van der Waals surface area contributed by atoms with Crippen LogP contribution in [0.3, 0.4) is 0 Å². The number of ether oxygens (including phenoxy) is 2. The van der Waals surface area contributed by atoms with Crippen LogP contribution in [0.4, 0.5) is 0 Å². The topological polar surface area (TPSA) is 66.2 Å². The summed E-state index contributed by atoms with van der Waals surface area (Å²) in [5, 5.41) is 19.2. The lowest BCUT2D eigenvalue weighted by Crippen LogP contribution is -2.99. The van der Waals surface area contributed by atoms with Crippen molar-refractivity contribution in [3.8, 4) is 11.5 Å². The van der Waals surface area contributed by atoms with E-state index in [0.29, 0.717) is 5.57 Å². The van der Waals surface area contributed by atoms with Gasteiger partial charge in [0.25, 0.3) is 0 Å². The van der Waals surface area contributed by atoms with Crippen LogP contribution < -0.4 is 14.7 Å². The Balaban J connectivity index is 2.41. The van der Waals surface area contributed by atoms with Crippen molar-refractivity contribution in [3.05, 3.63) is 71.1 Å². The highest BCUT2D eigenvalue weighted by molar-refractivity contribution is 5.79. The third kappa shape index (κ3) is 3.82. The van der Waals surface area contributed by atoms with E-state index in [1.54, 1.807) is 38.5 Å². The van der Waals surface area contributed by atoms with E-state index >= 15 is 0 Å². The van der Waals surface area contributed by atoms with Crippen molar-refractivity contribution in [2.45, 2.75) is 0 Å². The molecule has 2 aromatic carbocycles. The second-order valence-corrected chi connectivity index (χ2v) is 4.35. The van der Waals surface area contributed by atoms with Crippen molar-refractivity contribution >= 4 is 5.57 Å². The number of benzene rings is 2. The van der Waals surface area contributed by atoms with Crippen LogP contribution in [0.5, 0.6) is 11.5 Å². The summed E-state index contributed by atoms with van der Waals surface area (Å²) in [5.74, 6) is 1.45. The quantitative estimate of drug-likeness (QED) is 0.824. The fourth-order valence-corrected chi connectivity index (χ4v) is 2.00. The maximum atomic E-state index is 11.1. The lowest BCUT2D eigenvalue weighted by Gasteiger charge is -2.13. The summed E-state index contributed by atoms with van der Waals surface area (Å²) < 4.78 is 10.2. The third-order valence-corrected chi connectivity index (χ3v) is 3.07. The van der Waals surface area contributed by atoms with Crippen LogP contribution >= 0.6 is 0 Å². The number of hydrogen-bond acceptors (Lipinski definition) is 4. The molecule has 2 rings (SSSR count). The summed E-state index contributed by atoms with van der Waals surface area (Å²) in [6.07, 6.45) is 1.20. The Morgan fingerprint density at radius 1 is 0.905 bits per heavy atom. The van der Waals surface area contributed by atoms with Crippen molar-refractivity contribution < 1.29 is 19.9 Å². The summed E-state index contributed by atoms with van der Waals surface area (Å²) >= 11 is 0. The van der Waals surface area contributed by atoms with Crippen LogP contribution in [0.25, 0.3) is 5.57 Å². The van der Waals surface area contributed by atoms with Gasteiger partial charge in [-0.25, -0.2) is 10.4 Å². The molecule has 1 unspecified atom stereocenters. The molecule has 5 nitrogen and oxygen atoms in total. The van der Waals surface area contributed by atoms with Crippen LogP contribution in [0.15, 0.2) is 54.7 Å². The van der Waals surface area contributed by atoms with Crippen molar-refractivity contribution in [1.82, 2.24) is 0 Å². The molecule has 0 aliphatic heterocycles. The Bertz CT molecular complexity index is 554. The summed E-state index contributed by atoms with van der Waals surface area (Å²) in [5.41, 5.74) is 2.25. The first-order valence-corrected chi connectivity index (χ1v) is 6.37. The van der Waals surface area contributed by atoms with Crippen molar-refractivity contribution in [1.29, 1.82) is 0 Å². The van der Waals surface area contributed by atoms with E-state index in [9.17, 15) is 5.21 Å². The molecule has 0 heterocycles. The molecule has 0 amide bonds. The second kappa shape index (κ2) is 6.90. The van der Waals surface area contributed by atoms with Gasteiger partial charge in [-0.1, -0.05) is 24.3 Å². The van der Waals surface area contributed by atoms with Crippen molar-refractivity contribution in [3.63, 3.8) is 0 Å². The molecule has 0 saturated carbocycles. The third-order valence-electron chi connectivity index (χ3n) is 3.07. The molecule has 1 atom stereocenters. The highest BCUT2D eigenvalue weighted by atomic mass is 16.8. The summed E-state index contributed by atoms with van der Waals surface area (Å²) in [6.45, 7) is 0. The fourth-order valence-electron chi connectivity index (χ4n) is 2.00. The zero-order valence-electron chi connectivity index (χ0n) is 11.9. The maximum absolute atomic E-state index is 11.1. The van der Waals surface area contributed by atoms with E-state index < -0.39 is 5.23 Å². The van der Waals surface area contributed by atoms with E-state index in [2.05, 4.69) is 0 Å². The predicted molar refractivity (Wildman–Crippen MR) is 79.2 cm³/mol. The molecule has 0 aromatic heterocycles. The van der Waals surface area contributed by atoms with E-state index in [1.165, 1.54) is 6.20 Å². The Kier molecular flexibility index (Phi) is 4.94. The molecule has 0 bridgehead atoms. The molecule has 2 N–H and O–H groups in total. The summed E-state index contributed by atoms with van der Waals surface area (Å²) in [4.78, 5) is 0. The molecule has 0 aliphatic carbocycles. The van der Waals surface area contributed by atoms with Crippen LogP contribution in [0, 0.1) is 5.21 Å². The molecule has 0 fully saturated rings. The highest BCUT2D eigenvalue weighted by Crippen LogP contribution is 2.25. The Hall–Kier alpha value is -2.34. The fraction of sp³-hybridized carbons (Fsp3) is 0.125. The normalized spacial score (nSPS) is 11.6. The van der Waals surface area contributed by atoms with Gasteiger partial charge in [-0.3, -0.25) is 0 Å². The van der Waals surface area contributed by atoms with Crippen molar-refractivity contribution in [2.24, 2.45) is 0 Å². The van der Waals surface area contributed by atoms with Crippen LogP contribution in [-0.4, -0.2) is 19.4 Å². The number of hydrogen-bond donors (Lipinski definition) is 2. The van der Waals surface area contributed by atoms with Gasteiger partial charge >= 0.3 is 0 Å². The standard InChI is InChI=1S/C16H17NO4/c1-20-14-7-3-12(4-8-14)16(11-17(18)19)13-5-9-15(21-2)10-6-13/h3-11,17-18H,1-2H3. The van der Waals surface area contributed by atoms with Crippen LogP contribution in [-0.2, 0) is 0 Å². The molecule has 0 aliphatic rings. The Morgan fingerprint density at radius 3 is 1.57 bits per heavy atom. The molecule has 5 heteroatoms. The first-order chi connectivity index (χ1) is 10.1. The van der Waals surface area contributed by atoms with Gasteiger partial charge in [-0.05, 0) is 35.4 Å². The van der Waals surface area contributed by atoms with E-state index in [0.717, 1.165) is 22.6 Å². The first-order valence-electron chi connectivity index (χ1n) is 6.37. The number of hydroxylamine groups is 2. The van der Waals surface area contributed by atoms with Gasteiger partial charge < -0.3 is 14.7 Å². The van der Waals surface area contributed by atoms with E-state index in [4.69, 9.17) is 14.7 Å². The second-order valence-electron chi connectivity index (χ2n) is 4.35. The van der Waals surface area contributed by atoms with Crippen LogP contribution in [0.2, 0.25) is 0 Å². The number of quaternary nitrogens is 1. The van der Waals surface area contributed by atoms with Gasteiger partial charge in [0.05, 0.1) is 14.2 Å². The first kappa shape index (κ1) is 15.1. The smallest absolute Gasteiger partial charge is 0.135 e. The van der Waals surface area contributed by atoms with E-state index in [1.807, 2.05) is 24.3 Å². The number of rotatable bonds is 5. The minimum atomic E-state index is -0.989.